The van der Waals surface area contributed by atoms with Crippen molar-refractivity contribution in [2.75, 3.05) is 33.3 Å². The predicted octanol–water partition coefficient (Wildman–Crippen LogP) is 1.87. The van der Waals surface area contributed by atoms with Gasteiger partial charge in [-0.05, 0) is 46.6 Å². The zero-order valence-corrected chi connectivity index (χ0v) is 12.9. The topological polar surface area (TPSA) is 50.8 Å². The number of nitrogens with zero attached hydrogens (tertiary/aromatic N) is 1. The molecule has 2 atom stereocenters. The third-order valence-corrected chi connectivity index (χ3v) is 3.20. The Morgan fingerprint density at radius 1 is 1.47 bits per heavy atom. The Balaban J connectivity index is 2.24. The lowest BCUT2D eigenvalue weighted by atomic mass is 10.1. The maximum atomic E-state index is 11.9. The Hall–Kier alpha value is -0.810. The molecule has 0 spiro atoms. The first-order chi connectivity index (χ1) is 8.81. The van der Waals surface area contributed by atoms with Gasteiger partial charge in [0.25, 0.3) is 0 Å². The second-order valence-corrected chi connectivity index (χ2v) is 6.29. The number of amides is 1. The van der Waals surface area contributed by atoms with Crippen LogP contribution in [0.2, 0.25) is 0 Å². The van der Waals surface area contributed by atoms with Gasteiger partial charge in [-0.2, -0.15) is 0 Å². The summed E-state index contributed by atoms with van der Waals surface area (Å²) in [5.74, 6) is 0.511. The largest absolute Gasteiger partial charge is 0.444 e. The molecule has 1 fully saturated rings. The predicted molar refractivity (Wildman–Crippen MR) is 75.3 cm³/mol. The quantitative estimate of drug-likeness (QED) is 0.830. The minimum Gasteiger partial charge on any atom is -0.444 e. The normalized spacial score (nSPS) is 21.5. The van der Waals surface area contributed by atoms with Crippen molar-refractivity contribution in [2.24, 2.45) is 5.92 Å². The lowest BCUT2D eigenvalue weighted by molar-refractivity contribution is 0.0288. The molecule has 1 amide bonds. The van der Waals surface area contributed by atoms with Crippen molar-refractivity contribution in [3.8, 4) is 0 Å². The smallest absolute Gasteiger partial charge is 0.410 e. The van der Waals surface area contributed by atoms with E-state index in [0.29, 0.717) is 5.92 Å². The van der Waals surface area contributed by atoms with Crippen molar-refractivity contribution >= 4 is 6.09 Å². The molecule has 0 aromatic carbocycles. The van der Waals surface area contributed by atoms with Crippen LogP contribution >= 0.6 is 0 Å². The molecule has 0 saturated carbocycles. The van der Waals surface area contributed by atoms with Crippen molar-refractivity contribution in [2.45, 2.75) is 45.8 Å². The highest BCUT2D eigenvalue weighted by Gasteiger charge is 2.29. The molecule has 5 nitrogen and oxygen atoms in total. The number of ether oxygens (including phenoxy) is 2. The standard InChI is InChI=1S/C14H28N2O3/c1-11(18-5)8-15-9-12-6-7-16(10-12)13(17)19-14(2,3)4/h11-12,15H,6-10H2,1-5H3/t11-,12+/m0/s1. The van der Waals surface area contributed by atoms with Gasteiger partial charge in [-0.15, -0.1) is 0 Å². The molecule has 19 heavy (non-hydrogen) atoms. The second kappa shape index (κ2) is 7.10. The van der Waals surface area contributed by atoms with E-state index in [1.54, 1.807) is 12.0 Å². The Morgan fingerprint density at radius 2 is 2.16 bits per heavy atom. The molecule has 1 aliphatic rings. The first-order valence-electron chi connectivity index (χ1n) is 7.03. The third-order valence-electron chi connectivity index (χ3n) is 3.20. The van der Waals surface area contributed by atoms with Crippen LogP contribution in [0, 0.1) is 5.92 Å². The van der Waals surface area contributed by atoms with Crippen molar-refractivity contribution in [3.05, 3.63) is 0 Å². The zero-order chi connectivity index (χ0) is 14.5. The van der Waals surface area contributed by atoms with E-state index in [4.69, 9.17) is 9.47 Å². The summed E-state index contributed by atoms with van der Waals surface area (Å²) in [5.41, 5.74) is -0.415. The molecule has 5 heteroatoms. The van der Waals surface area contributed by atoms with Gasteiger partial charge in [0.2, 0.25) is 0 Å². The molecule has 0 bridgehead atoms. The summed E-state index contributed by atoms with van der Waals surface area (Å²) in [6.45, 7) is 11.1. The molecule has 1 rings (SSSR count). The van der Waals surface area contributed by atoms with Gasteiger partial charge in [-0.3, -0.25) is 0 Å². The molecule has 0 unspecified atom stereocenters. The minimum absolute atomic E-state index is 0.194. The molecule has 1 aliphatic heterocycles. The number of carbonyl (C=O) groups excluding carboxylic acids is 1. The van der Waals surface area contributed by atoms with Crippen LogP contribution in [0.1, 0.15) is 34.1 Å². The molecule has 0 aromatic heterocycles. The third kappa shape index (κ3) is 6.25. The zero-order valence-electron chi connectivity index (χ0n) is 12.9. The molecule has 1 heterocycles. The highest BCUT2D eigenvalue weighted by Crippen LogP contribution is 2.18. The fourth-order valence-electron chi connectivity index (χ4n) is 2.07. The summed E-state index contributed by atoms with van der Waals surface area (Å²) < 4.78 is 10.6. The van der Waals surface area contributed by atoms with E-state index in [1.165, 1.54) is 0 Å². The van der Waals surface area contributed by atoms with Crippen LogP contribution in [0.4, 0.5) is 4.79 Å². The van der Waals surface area contributed by atoms with Crippen molar-refractivity contribution in [1.82, 2.24) is 10.2 Å². The van der Waals surface area contributed by atoms with Crippen molar-refractivity contribution < 1.29 is 14.3 Å². The van der Waals surface area contributed by atoms with Gasteiger partial charge in [0.15, 0.2) is 0 Å². The molecule has 1 saturated heterocycles. The summed E-state index contributed by atoms with van der Waals surface area (Å²) in [6, 6.07) is 0. The molecule has 0 aromatic rings. The van der Waals surface area contributed by atoms with Crippen molar-refractivity contribution in [3.63, 3.8) is 0 Å². The summed E-state index contributed by atoms with van der Waals surface area (Å²) in [7, 11) is 1.71. The van der Waals surface area contributed by atoms with Crippen LogP contribution < -0.4 is 5.32 Å². The monoisotopic (exact) mass is 272 g/mol. The van der Waals surface area contributed by atoms with E-state index in [1.807, 2.05) is 27.7 Å². The molecule has 0 aliphatic carbocycles. The molecule has 0 radical (unpaired) electrons. The van der Waals surface area contributed by atoms with Gasteiger partial charge in [0.05, 0.1) is 6.10 Å². The average molecular weight is 272 g/mol. The summed E-state index contributed by atoms with van der Waals surface area (Å²) in [6.07, 6.45) is 1.07. The van der Waals surface area contributed by atoms with Gasteiger partial charge in [0, 0.05) is 26.7 Å². The summed E-state index contributed by atoms with van der Waals surface area (Å²) in [4.78, 5) is 13.7. The number of nitrogens with one attached hydrogen (secondary N) is 1. The van der Waals surface area contributed by atoms with Gasteiger partial charge in [-0.25, -0.2) is 4.79 Å². The maximum absolute atomic E-state index is 11.9. The van der Waals surface area contributed by atoms with Gasteiger partial charge in [-0.1, -0.05) is 0 Å². The molecular weight excluding hydrogens is 244 g/mol. The van der Waals surface area contributed by atoms with E-state index in [9.17, 15) is 4.79 Å². The maximum Gasteiger partial charge on any atom is 0.410 e. The number of carbonyl (C=O) groups is 1. The Kier molecular flexibility index (Phi) is 6.07. The van der Waals surface area contributed by atoms with Gasteiger partial charge < -0.3 is 19.7 Å². The van der Waals surface area contributed by atoms with Crippen LogP contribution in [0.5, 0.6) is 0 Å². The highest BCUT2D eigenvalue weighted by atomic mass is 16.6. The van der Waals surface area contributed by atoms with Crippen LogP contribution in [0.3, 0.4) is 0 Å². The second-order valence-electron chi connectivity index (χ2n) is 6.29. The van der Waals surface area contributed by atoms with Crippen molar-refractivity contribution in [1.29, 1.82) is 0 Å². The number of hydrogen-bond donors (Lipinski definition) is 1. The van der Waals surface area contributed by atoms with Gasteiger partial charge >= 0.3 is 6.09 Å². The number of likely N-dealkylation sites (tertiary alicyclic amines) is 1. The summed E-state index contributed by atoms with van der Waals surface area (Å²) >= 11 is 0. The Bertz CT molecular complexity index is 289. The van der Waals surface area contributed by atoms with Crippen LogP contribution in [0.15, 0.2) is 0 Å². The number of rotatable bonds is 5. The van der Waals surface area contributed by atoms with E-state index in [0.717, 1.165) is 32.6 Å². The van der Waals surface area contributed by atoms with Crippen LogP contribution in [-0.2, 0) is 9.47 Å². The van der Waals surface area contributed by atoms with E-state index < -0.39 is 5.60 Å². The fraction of sp³-hybridized carbons (Fsp3) is 0.929. The SMILES string of the molecule is CO[C@@H](C)CNC[C@H]1CCN(C(=O)OC(C)(C)C)C1. The molecular formula is C14H28N2O3. The lowest BCUT2D eigenvalue weighted by Gasteiger charge is -2.24. The number of methoxy groups -OCH3 is 1. The average Bonchev–Trinajstić information content (AvgIpc) is 2.75. The first-order valence-corrected chi connectivity index (χ1v) is 7.03. The van der Waals surface area contributed by atoms with E-state index in [2.05, 4.69) is 5.32 Å². The van der Waals surface area contributed by atoms with E-state index in [-0.39, 0.29) is 12.2 Å². The van der Waals surface area contributed by atoms with E-state index >= 15 is 0 Å². The minimum atomic E-state index is -0.415. The number of hydrogen-bond acceptors (Lipinski definition) is 4. The van der Waals surface area contributed by atoms with Gasteiger partial charge in [0.1, 0.15) is 5.60 Å². The Morgan fingerprint density at radius 3 is 2.74 bits per heavy atom. The summed E-state index contributed by atoms with van der Waals surface area (Å²) in [5, 5.41) is 3.38. The molecule has 112 valence electrons. The Labute approximate surface area is 116 Å². The van der Waals surface area contributed by atoms with Crippen LogP contribution in [0.25, 0.3) is 0 Å². The first kappa shape index (κ1) is 16.2. The highest BCUT2D eigenvalue weighted by molar-refractivity contribution is 5.68. The fourth-order valence-corrected chi connectivity index (χ4v) is 2.07. The lowest BCUT2D eigenvalue weighted by Crippen LogP contribution is -2.36. The molecule has 1 N–H and O–H groups in total. The van der Waals surface area contributed by atoms with Crippen LogP contribution in [-0.4, -0.2) is 56.0 Å².